The maximum Gasteiger partial charge on any atom is 0.162 e. The lowest BCUT2D eigenvalue weighted by Crippen LogP contribution is -2.40. The van der Waals surface area contributed by atoms with Crippen LogP contribution in [0.15, 0.2) is 0 Å². The smallest absolute Gasteiger partial charge is 0.162 e. The van der Waals surface area contributed by atoms with E-state index in [0.717, 1.165) is 0 Å². The first-order valence-electron chi connectivity index (χ1n) is 4.70. The highest BCUT2D eigenvalue weighted by Gasteiger charge is 2.28. The van der Waals surface area contributed by atoms with Crippen molar-refractivity contribution in [1.82, 2.24) is 0 Å². The predicted molar refractivity (Wildman–Crippen MR) is 49.3 cm³/mol. The lowest BCUT2D eigenvalue weighted by atomic mass is 10.1. The highest BCUT2D eigenvalue weighted by atomic mass is 16.7. The molecule has 1 saturated heterocycles. The number of hydrogen-bond donors (Lipinski definition) is 1. The van der Waals surface area contributed by atoms with Crippen molar-refractivity contribution < 1.29 is 14.2 Å². The summed E-state index contributed by atoms with van der Waals surface area (Å²) in [6, 6.07) is 0. The fourth-order valence-electron chi connectivity index (χ4n) is 1.16. The summed E-state index contributed by atoms with van der Waals surface area (Å²) in [5.41, 5.74) is 5.30. The van der Waals surface area contributed by atoms with Crippen molar-refractivity contribution in [1.29, 1.82) is 0 Å². The Bertz CT molecular complexity index is 140. The van der Waals surface area contributed by atoms with Crippen molar-refractivity contribution in [2.24, 2.45) is 11.7 Å². The van der Waals surface area contributed by atoms with Gasteiger partial charge in [-0.15, -0.1) is 0 Å². The maximum absolute atomic E-state index is 5.48. The van der Waals surface area contributed by atoms with Gasteiger partial charge in [-0.05, 0) is 13.8 Å². The quantitative estimate of drug-likeness (QED) is 0.649. The lowest BCUT2D eigenvalue weighted by Gasteiger charge is -2.34. The maximum atomic E-state index is 5.48. The Morgan fingerprint density at radius 3 is 2.54 bits per heavy atom. The van der Waals surface area contributed by atoms with Crippen LogP contribution in [0.25, 0.3) is 0 Å². The van der Waals surface area contributed by atoms with Crippen molar-refractivity contribution in [3.63, 3.8) is 0 Å². The standard InChI is InChI=1S/C9H19NO3/c1-9(2)12-6-8(7-13-9)5-11-4-3-10/h8H,3-7,10H2,1-2H3. The first-order chi connectivity index (χ1) is 6.14. The summed E-state index contributed by atoms with van der Waals surface area (Å²) < 4.78 is 16.3. The summed E-state index contributed by atoms with van der Waals surface area (Å²) in [6.45, 7) is 7.11. The van der Waals surface area contributed by atoms with Crippen molar-refractivity contribution in [3.05, 3.63) is 0 Å². The van der Waals surface area contributed by atoms with Gasteiger partial charge in [0.25, 0.3) is 0 Å². The number of hydrogen-bond acceptors (Lipinski definition) is 4. The van der Waals surface area contributed by atoms with Gasteiger partial charge in [0.15, 0.2) is 5.79 Å². The third-order valence-electron chi connectivity index (χ3n) is 1.95. The van der Waals surface area contributed by atoms with Gasteiger partial charge >= 0.3 is 0 Å². The van der Waals surface area contributed by atoms with Crippen LogP contribution in [0.1, 0.15) is 13.8 Å². The second-order valence-corrected chi connectivity index (χ2v) is 3.75. The number of nitrogens with two attached hydrogens (primary N) is 1. The minimum absolute atomic E-state index is 0.347. The highest BCUT2D eigenvalue weighted by molar-refractivity contribution is 4.66. The second-order valence-electron chi connectivity index (χ2n) is 3.75. The Labute approximate surface area is 79.3 Å². The molecule has 0 saturated carbocycles. The van der Waals surface area contributed by atoms with Crippen molar-refractivity contribution >= 4 is 0 Å². The molecular formula is C9H19NO3. The predicted octanol–water partition coefficient (Wildman–Crippen LogP) is 0.361. The van der Waals surface area contributed by atoms with Gasteiger partial charge in [0.1, 0.15) is 0 Å². The molecule has 1 heterocycles. The normalized spacial score (nSPS) is 23.3. The monoisotopic (exact) mass is 189 g/mol. The van der Waals surface area contributed by atoms with Gasteiger partial charge in [0, 0.05) is 12.5 Å². The Hall–Kier alpha value is -0.160. The van der Waals surface area contributed by atoms with E-state index in [4.69, 9.17) is 19.9 Å². The van der Waals surface area contributed by atoms with Crippen LogP contribution in [0, 0.1) is 5.92 Å². The molecule has 1 aliphatic heterocycles. The zero-order chi connectivity index (χ0) is 9.73. The molecule has 0 amide bonds. The third kappa shape index (κ3) is 4.04. The first kappa shape index (κ1) is 10.9. The largest absolute Gasteiger partial charge is 0.380 e. The molecule has 4 heteroatoms. The Kier molecular flexibility index (Phi) is 4.12. The SMILES string of the molecule is CC1(C)OCC(COCCN)CO1. The fourth-order valence-corrected chi connectivity index (χ4v) is 1.16. The molecule has 78 valence electrons. The van der Waals surface area contributed by atoms with Gasteiger partial charge in [0.05, 0.1) is 26.4 Å². The van der Waals surface area contributed by atoms with E-state index in [-0.39, 0.29) is 0 Å². The molecule has 1 rings (SSSR count). The van der Waals surface area contributed by atoms with Gasteiger partial charge < -0.3 is 19.9 Å². The topological polar surface area (TPSA) is 53.7 Å². The zero-order valence-corrected chi connectivity index (χ0v) is 8.41. The summed E-state index contributed by atoms with van der Waals surface area (Å²) in [4.78, 5) is 0. The van der Waals surface area contributed by atoms with Crippen molar-refractivity contribution in [2.45, 2.75) is 19.6 Å². The summed E-state index contributed by atoms with van der Waals surface area (Å²) in [5, 5.41) is 0. The molecule has 0 spiro atoms. The molecule has 0 unspecified atom stereocenters. The van der Waals surface area contributed by atoms with Crippen LogP contribution in [0.2, 0.25) is 0 Å². The van der Waals surface area contributed by atoms with Crippen LogP contribution >= 0.6 is 0 Å². The van der Waals surface area contributed by atoms with Crippen molar-refractivity contribution in [2.75, 3.05) is 33.0 Å². The average molecular weight is 189 g/mol. The summed E-state index contributed by atoms with van der Waals surface area (Å²) in [6.07, 6.45) is 0. The molecule has 0 bridgehead atoms. The van der Waals surface area contributed by atoms with Crippen LogP contribution < -0.4 is 5.73 Å². The minimum Gasteiger partial charge on any atom is -0.380 e. The minimum atomic E-state index is -0.426. The Morgan fingerprint density at radius 2 is 2.00 bits per heavy atom. The second kappa shape index (κ2) is 4.91. The van der Waals surface area contributed by atoms with E-state index in [1.54, 1.807) is 0 Å². The van der Waals surface area contributed by atoms with Gasteiger partial charge in [-0.3, -0.25) is 0 Å². The lowest BCUT2D eigenvalue weighted by molar-refractivity contribution is -0.266. The van der Waals surface area contributed by atoms with Crippen LogP contribution in [0.5, 0.6) is 0 Å². The molecule has 13 heavy (non-hydrogen) atoms. The van der Waals surface area contributed by atoms with E-state index < -0.39 is 5.79 Å². The molecule has 1 fully saturated rings. The molecule has 0 aromatic carbocycles. The Morgan fingerprint density at radius 1 is 1.38 bits per heavy atom. The van der Waals surface area contributed by atoms with Crippen LogP contribution in [0.3, 0.4) is 0 Å². The van der Waals surface area contributed by atoms with E-state index in [2.05, 4.69) is 0 Å². The van der Waals surface area contributed by atoms with E-state index in [9.17, 15) is 0 Å². The fraction of sp³-hybridized carbons (Fsp3) is 1.00. The molecule has 0 aliphatic carbocycles. The molecule has 0 atom stereocenters. The van der Waals surface area contributed by atoms with E-state index >= 15 is 0 Å². The molecule has 4 nitrogen and oxygen atoms in total. The molecule has 2 N–H and O–H groups in total. The number of ether oxygens (including phenoxy) is 3. The van der Waals surface area contributed by atoms with E-state index in [0.29, 0.717) is 38.9 Å². The molecule has 0 aromatic heterocycles. The van der Waals surface area contributed by atoms with Crippen LogP contribution in [-0.2, 0) is 14.2 Å². The molecule has 0 radical (unpaired) electrons. The van der Waals surface area contributed by atoms with Gasteiger partial charge in [0.2, 0.25) is 0 Å². The molecular weight excluding hydrogens is 170 g/mol. The first-order valence-corrected chi connectivity index (χ1v) is 4.70. The van der Waals surface area contributed by atoms with Gasteiger partial charge in [-0.1, -0.05) is 0 Å². The summed E-state index contributed by atoms with van der Waals surface area (Å²) in [5.74, 6) is -0.0794. The third-order valence-corrected chi connectivity index (χ3v) is 1.95. The summed E-state index contributed by atoms with van der Waals surface area (Å²) in [7, 11) is 0. The van der Waals surface area contributed by atoms with E-state index in [1.165, 1.54) is 0 Å². The van der Waals surface area contributed by atoms with Crippen LogP contribution in [0.4, 0.5) is 0 Å². The van der Waals surface area contributed by atoms with Gasteiger partial charge in [-0.2, -0.15) is 0 Å². The van der Waals surface area contributed by atoms with Gasteiger partial charge in [-0.25, -0.2) is 0 Å². The van der Waals surface area contributed by atoms with Crippen LogP contribution in [-0.4, -0.2) is 38.8 Å². The highest BCUT2D eigenvalue weighted by Crippen LogP contribution is 2.20. The average Bonchev–Trinajstić information content (AvgIpc) is 2.08. The van der Waals surface area contributed by atoms with E-state index in [1.807, 2.05) is 13.8 Å². The summed E-state index contributed by atoms with van der Waals surface area (Å²) >= 11 is 0. The Balaban J connectivity index is 2.11. The van der Waals surface area contributed by atoms with Crippen molar-refractivity contribution in [3.8, 4) is 0 Å². The molecule has 1 aliphatic rings. The zero-order valence-electron chi connectivity index (χ0n) is 8.41. The number of rotatable bonds is 4. The molecule has 0 aromatic rings.